The highest BCUT2D eigenvalue weighted by atomic mass is 79.9. The van der Waals surface area contributed by atoms with Gasteiger partial charge in [-0.2, -0.15) is 0 Å². The second kappa shape index (κ2) is 5.18. The molecule has 2 aromatic rings. The van der Waals surface area contributed by atoms with Crippen LogP contribution in [0.15, 0.2) is 46.9 Å². The van der Waals surface area contributed by atoms with Crippen molar-refractivity contribution in [2.45, 2.75) is 0 Å². The predicted octanol–water partition coefficient (Wildman–Crippen LogP) is 3.42. The second-order valence-corrected chi connectivity index (χ2v) is 4.56. The van der Waals surface area contributed by atoms with Gasteiger partial charge in [0.15, 0.2) is 0 Å². The van der Waals surface area contributed by atoms with E-state index in [1.807, 2.05) is 0 Å². The molecule has 0 spiro atoms. The molecule has 0 atom stereocenters. The number of nitrogens with one attached hydrogen (secondary N) is 1. The number of halogens is 2. The third-order valence-electron chi connectivity index (χ3n) is 2.32. The number of anilines is 2. The lowest BCUT2D eigenvalue weighted by molar-refractivity contribution is 0.102. The highest BCUT2D eigenvalue weighted by Crippen LogP contribution is 2.20. The monoisotopic (exact) mass is 308 g/mol. The van der Waals surface area contributed by atoms with Gasteiger partial charge in [-0.25, -0.2) is 4.39 Å². The van der Waals surface area contributed by atoms with Gasteiger partial charge in [0.05, 0.1) is 5.56 Å². The average Bonchev–Trinajstić information content (AvgIpc) is 2.28. The summed E-state index contributed by atoms with van der Waals surface area (Å²) in [5, 5.41) is 2.69. The molecule has 1 amide bonds. The number of carbonyl (C=O) groups is 1. The molecule has 0 fully saturated rings. The third-order valence-corrected chi connectivity index (χ3v) is 2.98. The van der Waals surface area contributed by atoms with Gasteiger partial charge in [-0.05, 0) is 52.3 Å². The summed E-state index contributed by atoms with van der Waals surface area (Å²) in [6.45, 7) is 0. The van der Waals surface area contributed by atoms with E-state index in [9.17, 15) is 9.18 Å². The number of rotatable bonds is 2. The molecule has 5 heteroatoms. The normalized spacial score (nSPS) is 10.1. The quantitative estimate of drug-likeness (QED) is 0.835. The number of hydrogen-bond donors (Lipinski definition) is 2. The maximum absolute atomic E-state index is 12.9. The minimum Gasteiger partial charge on any atom is -0.399 e. The lowest BCUT2D eigenvalue weighted by atomic mass is 10.2. The van der Waals surface area contributed by atoms with Crippen LogP contribution in [0.25, 0.3) is 0 Å². The Morgan fingerprint density at radius 1 is 1.22 bits per heavy atom. The summed E-state index contributed by atoms with van der Waals surface area (Å²) in [7, 11) is 0. The van der Waals surface area contributed by atoms with Crippen molar-refractivity contribution >= 4 is 33.2 Å². The van der Waals surface area contributed by atoms with E-state index >= 15 is 0 Å². The van der Waals surface area contributed by atoms with E-state index in [0.29, 0.717) is 21.4 Å². The Bertz CT molecular complexity index is 601. The molecular formula is C13H10BrFN2O. The Morgan fingerprint density at radius 2 is 2.00 bits per heavy atom. The van der Waals surface area contributed by atoms with Crippen molar-refractivity contribution in [1.82, 2.24) is 0 Å². The molecule has 92 valence electrons. The van der Waals surface area contributed by atoms with Crippen molar-refractivity contribution < 1.29 is 9.18 Å². The zero-order valence-electron chi connectivity index (χ0n) is 9.28. The molecule has 0 bridgehead atoms. The summed E-state index contributed by atoms with van der Waals surface area (Å²) >= 11 is 3.15. The molecular weight excluding hydrogens is 299 g/mol. The Morgan fingerprint density at radius 3 is 2.67 bits per heavy atom. The third kappa shape index (κ3) is 2.87. The number of nitrogens with two attached hydrogens (primary N) is 1. The Labute approximate surface area is 112 Å². The first kappa shape index (κ1) is 12.6. The molecule has 0 saturated carbocycles. The van der Waals surface area contributed by atoms with Crippen molar-refractivity contribution in [1.29, 1.82) is 0 Å². The lowest BCUT2D eigenvalue weighted by Gasteiger charge is -2.07. The van der Waals surface area contributed by atoms with Crippen molar-refractivity contribution in [3.63, 3.8) is 0 Å². The maximum Gasteiger partial charge on any atom is 0.256 e. The topological polar surface area (TPSA) is 55.1 Å². The van der Waals surface area contributed by atoms with Gasteiger partial charge in [-0.3, -0.25) is 4.79 Å². The van der Waals surface area contributed by atoms with Crippen molar-refractivity contribution in [2.24, 2.45) is 0 Å². The predicted molar refractivity (Wildman–Crippen MR) is 72.9 cm³/mol. The molecule has 2 rings (SSSR count). The molecule has 0 aliphatic rings. The van der Waals surface area contributed by atoms with Gasteiger partial charge in [0, 0.05) is 15.8 Å². The van der Waals surface area contributed by atoms with Gasteiger partial charge in [0.1, 0.15) is 5.82 Å². The first-order valence-corrected chi connectivity index (χ1v) is 5.97. The largest absolute Gasteiger partial charge is 0.399 e. The summed E-state index contributed by atoms with van der Waals surface area (Å²) in [5.41, 5.74) is 7.13. The van der Waals surface area contributed by atoms with Crippen LogP contribution in [0.2, 0.25) is 0 Å². The average molecular weight is 309 g/mol. The van der Waals surface area contributed by atoms with Crippen LogP contribution in [0.1, 0.15) is 10.4 Å². The highest BCUT2D eigenvalue weighted by Gasteiger charge is 2.10. The van der Waals surface area contributed by atoms with Crippen molar-refractivity contribution in [3.05, 3.63) is 58.3 Å². The maximum atomic E-state index is 12.9. The van der Waals surface area contributed by atoms with Crippen LogP contribution in [0.4, 0.5) is 15.8 Å². The SMILES string of the molecule is Nc1cccc(NC(=O)c2ccc(F)cc2Br)c1. The molecule has 0 heterocycles. The van der Waals surface area contributed by atoms with Crippen LogP contribution in [0, 0.1) is 5.82 Å². The van der Waals surface area contributed by atoms with Crippen LogP contribution in [0.5, 0.6) is 0 Å². The molecule has 3 nitrogen and oxygen atoms in total. The lowest BCUT2D eigenvalue weighted by Crippen LogP contribution is -2.12. The molecule has 0 unspecified atom stereocenters. The standard InChI is InChI=1S/C13H10BrFN2O/c14-12-6-8(15)4-5-11(12)13(18)17-10-3-1-2-9(16)7-10/h1-7H,16H2,(H,17,18). The van der Waals surface area contributed by atoms with E-state index in [0.717, 1.165) is 0 Å². The fourth-order valence-corrected chi connectivity index (χ4v) is 2.02. The zero-order valence-corrected chi connectivity index (χ0v) is 10.9. The summed E-state index contributed by atoms with van der Waals surface area (Å²) in [5.74, 6) is -0.727. The Hall–Kier alpha value is -1.88. The van der Waals surface area contributed by atoms with Crippen LogP contribution in [-0.2, 0) is 0 Å². The van der Waals surface area contributed by atoms with E-state index in [1.165, 1.54) is 18.2 Å². The minimum absolute atomic E-state index is 0.326. The smallest absolute Gasteiger partial charge is 0.256 e. The summed E-state index contributed by atoms with van der Waals surface area (Å²) < 4.78 is 13.3. The fourth-order valence-electron chi connectivity index (χ4n) is 1.49. The van der Waals surface area contributed by atoms with E-state index in [4.69, 9.17) is 5.73 Å². The molecule has 18 heavy (non-hydrogen) atoms. The number of amides is 1. The number of nitrogen functional groups attached to an aromatic ring is 1. The molecule has 0 aliphatic heterocycles. The van der Waals surface area contributed by atoms with Crippen LogP contribution in [-0.4, -0.2) is 5.91 Å². The van der Waals surface area contributed by atoms with Crippen LogP contribution in [0.3, 0.4) is 0 Å². The number of carbonyl (C=O) groups excluding carboxylic acids is 1. The van der Waals surface area contributed by atoms with E-state index in [1.54, 1.807) is 24.3 Å². The van der Waals surface area contributed by atoms with Gasteiger partial charge < -0.3 is 11.1 Å². The van der Waals surface area contributed by atoms with Crippen LogP contribution < -0.4 is 11.1 Å². The molecule has 2 aromatic carbocycles. The summed E-state index contributed by atoms with van der Waals surface area (Å²) in [4.78, 5) is 12.0. The molecule has 3 N–H and O–H groups in total. The summed E-state index contributed by atoms with van der Waals surface area (Å²) in [6, 6.07) is 10.7. The fraction of sp³-hybridized carbons (Fsp3) is 0. The first-order chi connectivity index (χ1) is 8.56. The second-order valence-electron chi connectivity index (χ2n) is 3.70. The highest BCUT2D eigenvalue weighted by molar-refractivity contribution is 9.10. The molecule has 0 aromatic heterocycles. The van der Waals surface area contributed by atoms with E-state index < -0.39 is 5.82 Å². The Balaban J connectivity index is 2.22. The summed E-state index contributed by atoms with van der Waals surface area (Å²) in [6.07, 6.45) is 0. The van der Waals surface area contributed by atoms with Gasteiger partial charge in [-0.1, -0.05) is 6.07 Å². The first-order valence-electron chi connectivity index (χ1n) is 5.18. The van der Waals surface area contributed by atoms with E-state index in [-0.39, 0.29) is 5.91 Å². The minimum atomic E-state index is -0.401. The van der Waals surface area contributed by atoms with Gasteiger partial charge in [-0.15, -0.1) is 0 Å². The molecule has 0 aliphatic carbocycles. The van der Waals surface area contributed by atoms with Crippen LogP contribution >= 0.6 is 15.9 Å². The number of benzene rings is 2. The Kier molecular flexibility index (Phi) is 3.62. The zero-order chi connectivity index (χ0) is 13.1. The van der Waals surface area contributed by atoms with Gasteiger partial charge in [0.25, 0.3) is 5.91 Å². The van der Waals surface area contributed by atoms with Crippen molar-refractivity contribution in [3.8, 4) is 0 Å². The van der Waals surface area contributed by atoms with Gasteiger partial charge in [0.2, 0.25) is 0 Å². The van der Waals surface area contributed by atoms with E-state index in [2.05, 4.69) is 21.2 Å². The number of hydrogen-bond acceptors (Lipinski definition) is 2. The molecule has 0 saturated heterocycles. The molecule has 0 radical (unpaired) electrons. The van der Waals surface area contributed by atoms with Gasteiger partial charge >= 0.3 is 0 Å². The van der Waals surface area contributed by atoms with Crippen molar-refractivity contribution in [2.75, 3.05) is 11.1 Å².